The summed E-state index contributed by atoms with van der Waals surface area (Å²) in [6.45, 7) is 0. The first-order valence-electron chi connectivity index (χ1n) is 6.81. The van der Waals surface area contributed by atoms with E-state index in [4.69, 9.17) is 0 Å². The van der Waals surface area contributed by atoms with Gasteiger partial charge in [0, 0.05) is 0 Å². The number of anilines is 1. The fourth-order valence-corrected chi connectivity index (χ4v) is 2.81. The van der Waals surface area contributed by atoms with Gasteiger partial charge < -0.3 is 9.72 Å². The van der Waals surface area contributed by atoms with Gasteiger partial charge in [0.2, 0.25) is 5.95 Å². The SMILES string of the molecule is Br.COC(=O)Nc1nc2ccc(C(Br)c3ccc(F)cc3)cc2[nH]1. The summed E-state index contributed by atoms with van der Waals surface area (Å²) in [6.07, 6.45) is -0.589. The van der Waals surface area contributed by atoms with Crippen molar-refractivity contribution in [3.05, 3.63) is 59.4 Å². The summed E-state index contributed by atoms with van der Waals surface area (Å²) in [6, 6.07) is 12.0. The molecule has 3 aromatic rings. The van der Waals surface area contributed by atoms with Crippen molar-refractivity contribution in [3.8, 4) is 0 Å². The number of nitrogens with one attached hydrogen (secondary N) is 2. The van der Waals surface area contributed by atoms with Crippen molar-refractivity contribution in [1.82, 2.24) is 9.97 Å². The van der Waals surface area contributed by atoms with Gasteiger partial charge in [-0.15, -0.1) is 17.0 Å². The Kier molecular flexibility index (Phi) is 5.95. The standard InChI is InChI=1S/C16H13BrFN3O2.BrH/c1-23-16(22)21-15-19-12-7-4-10(8-13(12)20-15)14(17)9-2-5-11(18)6-3-9;/h2-8,14H,1H3,(H2,19,20,21,22);1H. The molecule has 0 bridgehead atoms. The molecule has 0 radical (unpaired) electrons. The van der Waals surface area contributed by atoms with E-state index in [1.54, 1.807) is 12.1 Å². The molecule has 0 aliphatic rings. The second kappa shape index (κ2) is 7.76. The monoisotopic (exact) mass is 457 g/mol. The molecule has 2 N–H and O–H groups in total. The first-order chi connectivity index (χ1) is 11.1. The van der Waals surface area contributed by atoms with E-state index in [-0.39, 0.29) is 27.6 Å². The Morgan fingerprint density at radius 1 is 1.25 bits per heavy atom. The molecule has 1 aromatic heterocycles. The van der Waals surface area contributed by atoms with Crippen molar-refractivity contribution in [2.75, 3.05) is 12.4 Å². The van der Waals surface area contributed by atoms with Crippen LogP contribution in [-0.4, -0.2) is 23.2 Å². The van der Waals surface area contributed by atoms with Crippen LogP contribution < -0.4 is 5.32 Å². The van der Waals surface area contributed by atoms with E-state index in [1.165, 1.54) is 19.2 Å². The summed E-state index contributed by atoms with van der Waals surface area (Å²) in [7, 11) is 1.29. The molecule has 0 fully saturated rings. The van der Waals surface area contributed by atoms with Crippen LogP contribution in [-0.2, 0) is 4.74 Å². The van der Waals surface area contributed by atoms with Crippen molar-refractivity contribution < 1.29 is 13.9 Å². The molecular formula is C16H14Br2FN3O2. The lowest BCUT2D eigenvalue weighted by Gasteiger charge is -2.10. The minimum Gasteiger partial charge on any atom is -0.453 e. The predicted molar refractivity (Wildman–Crippen MR) is 99.6 cm³/mol. The highest BCUT2D eigenvalue weighted by Crippen LogP contribution is 2.32. The predicted octanol–water partition coefficient (Wildman–Crippen LogP) is 4.94. The molecule has 8 heteroatoms. The minimum absolute atomic E-state index is 0. The zero-order valence-electron chi connectivity index (χ0n) is 12.5. The zero-order chi connectivity index (χ0) is 16.4. The lowest BCUT2D eigenvalue weighted by molar-refractivity contribution is 0.186. The van der Waals surface area contributed by atoms with Crippen LogP contribution in [0.25, 0.3) is 11.0 Å². The maximum Gasteiger partial charge on any atom is 0.413 e. The van der Waals surface area contributed by atoms with Gasteiger partial charge >= 0.3 is 6.09 Å². The highest BCUT2D eigenvalue weighted by atomic mass is 79.9. The minimum atomic E-state index is -0.589. The van der Waals surface area contributed by atoms with Gasteiger partial charge in [0.25, 0.3) is 0 Å². The van der Waals surface area contributed by atoms with Gasteiger partial charge in [-0.25, -0.2) is 14.2 Å². The number of hydrogen-bond donors (Lipinski definition) is 2. The van der Waals surface area contributed by atoms with Gasteiger partial charge in [-0.05, 0) is 35.4 Å². The Morgan fingerprint density at radius 3 is 2.58 bits per heavy atom. The number of nitrogens with zero attached hydrogens (tertiary/aromatic N) is 1. The van der Waals surface area contributed by atoms with Crippen molar-refractivity contribution in [2.45, 2.75) is 4.83 Å². The number of rotatable bonds is 3. The van der Waals surface area contributed by atoms with Gasteiger partial charge in [-0.2, -0.15) is 0 Å². The largest absolute Gasteiger partial charge is 0.453 e. The normalized spacial score (nSPS) is 11.6. The molecule has 0 saturated carbocycles. The fourth-order valence-electron chi connectivity index (χ4n) is 2.22. The van der Waals surface area contributed by atoms with Crippen molar-refractivity contribution in [2.24, 2.45) is 0 Å². The Labute approximate surface area is 156 Å². The molecule has 0 spiro atoms. The Morgan fingerprint density at radius 2 is 1.92 bits per heavy atom. The number of methoxy groups -OCH3 is 1. The third kappa shape index (κ3) is 3.93. The van der Waals surface area contributed by atoms with Crippen LogP contribution >= 0.6 is 32.9 Å². The van der Waals surface area contributed by atoms with Gasteiger partial charge in [-0.1, -0.05) is 34.1 Å². The number of carbonyl (C=O) groups excluding carboxylic acids is 1. The van der Waals surface area contributed by atoms with Crippen LogP contribution in [0.15, 0.2) is 42.5 Å². The maximum atomic E-state index is 13.0. The fraction of sp³-hybridized carbons (Fsp3) is 0.125. The number of imidazole rings is 1. The third-order valence-electron chi connectivity index (χ3n) is 3.37. The van der Waals surface area contributed by atoms with E-state index in [9.17, 15) is 9.18 Å². The second-order valence-electron chi connectivity index (χ2n) is 4.89. The number of halogens is 3. The van der Waals surface area contributed by atoms with Gasteiger partial charge in [-0.3, -0.25) is 5.32 Å². The molecule has 0 saturated heterocycles. The van der Waals surface area contributed by atoms with Crippen molar-refractivity contribution in [3.63, 3.8) is 0 Å². The summed E-state index contributed by atoms with van der Waals surface area (Å²) in [4.78, 5) is 18.4. The molecular weight excluding hydrogens is 445 g/mol. The van der Waals surface area contributed by atoms with Crippen LogP contribution in [0, 0.1) is 5.82 Å². The molecule has 2 aromatic carbocycles. The highest BCUT2D eigenvalue weighted by molar-refractivity contribution is 9.09. The molecule has 0 aliphatic carbocycles. The average molecular weight is 459 g/mol. The van der Waals surface area contributed by atoms with E-state index < -0.39 is 6.09 Å². The van der Waals surface area contributed by atoms with E-state index in [2.05, 4.69) is 36.0 Å². The molecule has 126 valence electrons. The average Bonchev–Trinajstić information content (AvgIpc) is 2.96. The molecule has 24 heavy (non-hydrogen) atoms. The third-order valence-corrected chi connectivity index (χ3v) is 4.42. The summed E-state index contributed by atoms with van der Waals surface area (Å²) < 4.78 is 17.6. The molecule has 5 nitrogen and oxygen atoms in total. The van der Waals surface area contributed by atoms with Crippen LogP contribution in [0.3, 0.4) is 0 Å². The first-order valence-corrected chi connectivity index (χ1v) is 7.72. The van der Waals surface area contributed by atoms with E-state index in [1.807, 2.05) is 18.2 Å². The van der Waals surface area contributed by atoms with Crippen molar-refractivity contribution >= 4 is 56.0 Å². The number of fused-ring (bicyclic) bond motifs is 1. The molecule has 1 amide bonds. The number of aromatic nitrogens is 2. The van der Waals surface area contributed by atoms with Gasteiger partial charge in [0.15, 0.2) is 0 Å². The number of hydrogen-bond acceptors (Lipinski definition) is 3. The molecule has 3 rings (SSSR count). The quantitative estimate of drug-likeness (QED) is 0.546. The number of ether oxygens (including phenoxy) is 1. The number of H-pyrrole nitrogens is 1. The molecule has 1 atom stereocenters. The summed E-state index contributed by atoms with van der Waals surface area (Å²) in [5.74, 6) is 0.0490. The maximum absolute atomic E-state index is 13.0. The lowest BCUT2D eigenvalue weighted by atomic mass is 10.0. The number of alkyl halides is 1. The van der Waals surface area contributed by atoms with Gasteiger partial charge in [0.1, 0.15) is 5.82 Å². The Balaban J connectivity index is 0.00000208. The zero-order valence-corrected chi connectivity index (χ0v) is 15.8. The number of carbonyl (C=O) groups is 1. The Hall–Kier alpha value is -1.93. The highest BCUT2D eigenvalue weighted by Gasteiger charge is 2.13. The summed E-state index contributed by atoms with van der Waals surface area (Å²) in [5, 5.41) is 2.49. The van der Waals surface area contributed by atoms with Crippen LogP contribution in [0.2, 0.25) is 0 Å². The van der Waals surface area contributed by atoms with E-state index in [0.29, 0.717) is 5.95 Å². The number of aromatic amines is 1. The lowest BCUT2D eigenvalue weighted by Crippen LogP contribution is -2.11. The van der Waals surface area contributed by atoms with Crippen molar-refractivity contribution in [1.29, 1.82) is 0 Å². The second-order valence-corrected chi connectivity index (χ2v) is 5.81. The molecule has 1 unspecified atom stereocenters. The van der Waals surface area contributed by atoms with Crippen LogP contribution in [0.4, 0.5) is 15.1 Å². The smallest absolute Gasteiger partial charge is 0.413 e. The summed E-state index contributed by atoms with van der Waals surface area (Å²) >= 11 is 3.62. The van der Waals surface area contributed by atoms with Gasteiger partial charge in [0.05, 0.1) is 23.0 Å². The summed E-state index contributed by atoms with van der Waals surface area (Å²) in [5.41, 5.74) is 3.43. The number of amides is 1. The molecule has 0 aliphatic heterocycles. The topological polar surface area (TPSA) is 67.0 Å². The van der Waals surface area contributed by atoms with Crippen LogP contribution in [0.1, 0.15) is 16.0 Å². The van der Waals surface area contributed by atoms with E-state index >= 15 is 0 Å². The van der Waals surface area contributed by atoms with E-state index in [0.717, 1.165) is 22.2 Å². The first kappa shape index (κ1) is 18.4. The number of benzene rings is 2. The molecule has 1 heterocycles. The Bertz CT molecular complexity index is 852. The van der Waals surface area contributed by atoms with Crippen LogP contribution in [0.5, 0.6) is 0 Å².